The number of halogens is 2. The summed E-state index contributed by atoms with van der Waals surface area (Å²) >= 11 is 9.27. The fourth-order valence-electron chi connectivity index (χ4n) is 2.52. The third-order valence-electron chi connectivity index (χ3n) is 3.65. The molecule has 1 aromatic carbocycles. The lowest BCUT2D eigenvalue weighted by atomic mass is 10.1. The van der Waals surface area contributed by atoms with E-state index in [4.69, 9.17) is 16.1 Å². The maximum Gasteiger partial charge on any atom is 0.274 e. The zero-order valence-electron chi connectivity index (χ0n) is 11.2. The molecule has 1 aromatic heterocycles. The van der Waals surface area contributed by atoms with Crippen LogP contribution in [-0.4, -0.2) is 17.1 Å². The van der Waals surface area contributed by atoms with Crippen LogP contribution in [-0.2, 0) is 0 Å². The summed E-state index contributed by atoms with van der Waals surface area (Å²) in [5.74, 6) is 0.334. The third kappa shape index (κ3) is 3.14. The molecule has 2 aromatic rings. The molecule has 1 heterocycles. The van der Waals surface area contributed by atoms with Crippen molar-refractivity contribution in [3.05, 3.63) is 39.5 Å². The molecule has 1 aliphatic carbocycles. The molecule has 3 rings (SSSR count). The summed E-state index contributed by atoms with van der Waals surface area (Å²) < 4.78 is 5.88. The predicted octanol–water partition coefficient (Wildman–Crippen LogP) is 4.43. The van der Waals surface area contributed by atoms with E-state index >= 15 is 0 Å². The molecule has 6 heteroatoms. The smallest absolute Gasteiger partial charge is 0.274 e. The Morgan fingerprint density at radius 3 is 2.62 bits per heavy atom. The van der Waals surface area contributed by atoms with Crippen LogP contribution in [0.15, 0.2) is 33.3 Å². The van der Waals surface area contributed by atoms with Gasteiger partial charge in [0.15, 0.2) is 11.5 Å². The normalized spacial score (nSPS) is 15.3. The van der Waals surface area contributed by atoms with Crippen LogP contribution < -0.4 is 5.32 Å². The van der Waals surface area contributed by atoms with Crippen molar-refractivity contribution in [3.8, 4) is 11.3 Å². The second kappa shape index (κ2) is 6.20. The first-order valence-electron chi connectivity index (χ1n) is 6.87. The van der Waals surface area contributed by atoms with E-state index in [1.165, 1.54) is 12.8 Å². The molecule has 1 fully saturated rings. The first-order valence-corrected chi connectivity index (χ1v) is 8.04. The molecule has 0 saturated heterocycles. The molecule has 1 saturated carbocycles. The van der Waals surface area contributed by atoms with Gasteiger partial charge in [0.2, 0.25) is 0 Å². The van der Waals surface area contributed by atoms with Gasteiger partial charge in [-0.3, -0.25) is 4.79 Å². The minimum atomic E-state index is -0.197. The van der Waals surface area contributed by atoms with Crippen LogP contribution in [0.2, 0.25) is 5.02 Å². The lowest BCUT2D eigenvalue weighted by Gasteiger charge is -2.09. The summed E-state index contributed by atoms with van der Waals surface area (Å²) in [7, 11) is 0. The van der Waals surface area contributed by atoms with Crippen LogP contribution in [0.25, 0.3) is 11.3 Å². The van der Waals surface area contributed by atoms with Gasteiger partial charge in [0, 0.05) is 16.6 Å². The van der Waals surface area contributed by atoms with Gasteiger partial charge in [-0.05, 0) is 53.0 Å². The SMILES string of the molecule is O=C(NC1CCCC1)c1noc(-c2ccc(Cl)cc2)c1Br. The van der Waals surface area contributed by atoms with Crippen molar-refractivity contribution in [2.24, 2.45) is 0 Å². The van der Waals surface area contributed by atoms with Crippen molar-refractivity contribution in [2.75, 3.05) is 0 Å². The summed E-state index contributed by atoms with van der Waals surface area (Å²) in [5.41, 5.74) is 1.10. The summed E-state index contributed by atoms with van der Waals surface area (Å²) in [6.45, 7) is 0. The highest BCUT2D eigenvalue weighted by Gasteiger charge is 2.24. The van der Waals surface area contributed by atoms with E-state index in [-0.39, 0.29) is 17.6 Å². The Balaban J connectivity index is 1.81. The molecule has 110 valence electrons. The third-order valence-corrected chi connectivity index (χ3v) is 4.64. The van der Waals surface area contributed by atoms with Crippen molar-refractivity contribution in [1.82, 2.24) is 10.5 Å². The van der Waals surface area contributed by atoms with E-state index in [0.717, 1.165) is 18.4 Å². The maximum atomic E-state index is 12.2. The highest BCUT2D eigenvalue weighted by Crippen LogP contribution is 2.32. The number of aromatic nitrogens is 1. The molecule has 4 nitrogen and oxygen atoms in total. The van der Waals surface area contributed by atoms with Crippen LogP contribution in [0.4, 0.5) is 0 Å². The maximum absolute atomic E-state index is 12.2. The van der Waals surface area contributed by atoms with E-state index < -0.39 is 0 Å². The van der Waals surface area contributed by atoms with Crippen LogP contribution in [0, 0.1) is 0 Å². The molecule has 1 aliphatic rings. The van der Waals surface area contributed by atoms with E-state index in [1.807, 2.05) is 12.1 Å². The van der Waals surface area contributed by atoms with Gasteiger partial charge in [-0.1, -0.05) is 29.6 Å². The molecule has 0 atom stereocenters. The summed E-state index contributed by atoms with van der Waals surface area (Å²) in [6.07, 6.45) is 4.40. The first kappa shape index (κ1) is 14.6. The topological polar surface area (TPSA) is 55.1 Å². The molecule has 0 spiro atoms. The number of hydrogen-bond acceptors (Lipinski definition) is 3. The van der Waals surface area contributed by atoms with Crippen molar-refractivity contribution < 1.29 is 9.32 Å². The van der Waals surface area contributed by atoms with Crippen LogP contribution in [0.3, 0.4) is 0 Å². The standard InChI is InChI=1S/C15H14BrClN2O2/c16-12-13(15(20)18-11-3-1-2-4-11)19-21-14(12)9-5-7-10(17)8-6-9/h5-8,11H,1-4H2,(H,18,20). The number of carbonyl (C=O) groups excluding carboxylic acids is 1. The molecular formula is C15H14BrClN2O2. The zero-order valence-corrected chi connectivity index (χ0v) is 13.6. The molecule has 1 amide bonds. The van der Waals surface area contributed by atoms with Crippen LogP contribution in [0.1, 0.15) is 36.2 Å². The Morgan fingerprint density at radius 2 is 1.95 bits per heavy atom. The molecule has 21 heavy (non-hydrogen) atoms. The van der Waals surface area contributed by atoms with Crippen molar-refractivity contribution in [3.63, 3.8) is 0 Å². The fraction of sp³-hybridized carbons (Fsp3) is 0.333. The van der Waals surface area contributed by atoms with Gasteiger partial charge >= 0.3 is 0 Å². The molecule has 1 N–H and O–H groups in total. The quantitative estimate of drug-likeness (QED) is 0.870. The summed E-state index contributed by atoms with van der Waals surface area (Å²) in [5, 5.41) is 7.53. The second-order valence-electron chi connectivity index (χ2n) is 5.14. The largest absolute Gasteiger partial charge is 0.354 e. The minimum absolute atomic E-state index is 0.197. The monoisotopic (exact) mass is 368 g/mol. The Labute approximate surface area is 136 Å². The van der Waals surface area contributed by atoms with Gasteiger partial charge in [0.05, 0.1) is 4.47 Å². The number of amides is 1. The number of carbonyl (C=O) groups is 1. The minimum Gasteiger partial charge on any atom is -0.354 e. The van der Waals surface area contributed by atoms with Crippen LogP contribution >= 0.6 is 27.5 Å². The van der Waals surface area contributed by atoms with Crippen molar-refractivity contribution in [1.29, 1.82) is 0 Å². The Bertz CT molecular complexity index is 648. The van der Waals surface area contributed by atoms with E-state index in [2.05, 4.69) is 26.4 Å². The fourth-order valence-corrected chi connectivity index (χ4v) is 3.20. The summed E-state index contributed by atoms with van der Waals surface area (Å²) in [6, 6.07) is 7.44. The highest BCUT2D eigenvalue weighted by molar-refractivity contribution is 9.10. The van der Waals surface area contributed by atoms with Gasteiger partial charge in [-0.2, -0.15) is 0 Å². The Kier molecular flexibility index (Phi) is 4.31. The molecule has 0 aliphatic heterocycles. The van der Waals surface area contributed by atoms with Crippen molar-refractivity contribution >= 4 is 33.4 Å². The molecule has 0 bridgehead atoms. The van der Waals surface area contributed by atoms with Crippen LogP contribution in [0.5, 0.6) is 0 Å². The lowest BCUT2D eigenvalue weighted by molar-refractivity contribution is 0.0928. The van der Waals surface area contributed by atoms with Crippen molar-refractivity contribution in [2.45, 2.75) is 31.7 Å². The predicted molar refractivity (Wildman–Crippen MR) is 84.4 cm³/mol. The molecular weight excluding hydrogens is 356 g/mol. The van der Waals surface area contributed by atoms with Gasteiger partial charge in [0.25, 0.3) is 5.91 Å². The van der Waals surface area contributed by atoms with E-state index in [0.29, 0.717) is 15.3 Å². The first-order chi connectivity index (χ1) is 10.1. The average molecular weight is 370 g/mol. The van der Waals surface area contributed by atoms with Gasteiger partial charge < -0.3 is 9.84 Å². The zero-order chi connectivity index (χ0) is 14.8. The Morgan fingerprint density at radius 1 is 1.29 bits per heavy atom. The number of nitrogens with one attached hydrogen (secondary N) is 1. The molecule has 0 radical (unpaired) electrons. The van der Waals surface area contributed by atoms with E-state index in [1.54, 1.807) is 12.1 Å². The number of benzene rings is 1. The number of hydrogen-bond donors (Lipinski definition) is 1. The molecule has 0 unspecified atom stereocenters. The van der Waals surface area contributed by atoms with Gasteiger partial charge in [0.1, 0.15) is 0 Å². The van der Waals surface area contributed by atoms with Gasteiger partial charge in [-0.25, -0.2) is 0 Å². The van der Waals surface area contributed by atoms with E-state index in [9.17, 15) is 4.79 Å². The second-order valence-corrected chi connectivity index (χ2v) is 6.37. The lowest BCUT2D eigenvalue weighted by Crippen LogP contribution is -2.32. The average Bonchev–Trinajstić information content (AvgIpc) is 3.09. The van der Waals surface area contributed by atoms with Gasteiger partial charge in [-0.15, -0.1) is 0 Å². The summed E-state index contributed by atoms with van der Waals surface area (Å²) in [4.78, 5) is 12.2. The number of nitrogens with zero attached hydrogens (tertiary/aromatic N) is 1. The number of rotatable bonds is 3. The Hall–Kier alpha value is -1.33. The highest BCUT2D eigenvalue weighted by atomic mass is 79.9.